The Morgan fingerprint density at radius 2 is 2.21 bits per heavy atom. The van der Waals surface area contributed by atoms with Gasteiger partial charge in [0, 0.05) is 10.3 Å². The summed E-state index contributed by atoms with van der Waals surface area (Å²) in [6.07, 6.45) is 0. The first-order valence-electron chi connectivity index (χ1n) is 3.76. The first-order valence-corrected chi connectivity index (χ1v) is 5.09. The van der Waals surface area contributed by atoms with E-state index in [0.717, 1.165) is 0 Å². The van der Waals surface area contributed by atoms with Crippen molar-refractivity contribution in [3.8, 4) is 5.75 Å². The van der Waals surface area contributed by atoms with Crippen LogP contribution < -0.4 is 0 Å². The quantitative estimate of drug-likeness (QED) is 0.655. The Bertz CT molecular complexity index is 516. The number of benzene rings is 1. The van der Waals surface area contributed by atoms with Crippen LogP contribution in [0.25, 0.3) is 10.1 Å². The number of phenols is 1. The lowest BCUT2D eigenvalue weighted by molar-refractivity contribution is 0.0699. The highest BCUT2D eigenvalue weighted by Crippen LogP contribution is 2.36. The number of hydrogen-bond donors (Lipinski definition) is 3. The number of hydrogen-bond acceptors (Lipinski definition) is 4. The normalized spacial score (nSPS) is 10.6. The number of carboxylic acids is 1. The van der Waals surface area contributed by atoms with Crippen LogP contribution >= 0.6 is 24.0 Å². The molecule has 0 amide bonds. The van der Waals surface area contributed by atoms with Crippen LogP contribution in [0.15, 0.2) is 22.4 Å². The van der Waals surface area contributed by atoms with Gasteiger partial charge in [0.05, 0.1) is 10.3 Å². The summed E-state index contributed by atoms with van der Waals surface area (Å²) in [6, 6.07) is 3.04. The zero-order valence-corrected chi connectivity index (χ0v) is 8.60. The van der Waals surface area contributed by atoms with Crippen LogP contribution in [0.1, 0.15) is 10.4 Å². The van der Waals surface area contributed by atoms with Gasteiger partial charge in [0.2, 0.25) is 0 Å². The van der Waals surface area contributed by atoms with E-state index in [2.05, 4.69) is 12.6 Å². The second kappa shape index (κ2) is 3.18. The SMILES string of the molecule is O=C(O)c1cc(S)c(O)c2ccsc12. The number of carboxylic acid groups (broad SMARTS) is 1. The minimum absolute atomic E-state index is 0.0367. The summed E-state index contributed by atoms with van der Waals surface area (Å²) in [5, 5.41) is 20.8. The maximum atomic E-state index is 10.9. The van der Waals surface area contributed by atoms with Crippen molar-refractivity contribution < 1.29 is 15.0 Å². The molecule has 72 valence electrons. The van der Waals surface area contributed by atoms with Gasteiger partial charge in [-0.15, -0.1) is 24.0 Å². The molecular weight excluding hydrogens is 220 g/mol. The lowest BCUT2D eigenvalue weighted by Crippen LogP contribution is -1.96. The average molecular weight is 226 g/mol. The molecule has 0 spiro atoms. The van der Waals surface area contributed by atoms with E-state index >= 15 is 0 Å². The topological polar surface area (TPSA) is 57.5 Å². The molecule has 0 radical (unpaired) electrons. The van der Waals surface area contributed by atoms with E-state index in [1.54, 1.807) is 11.4 Å². The Hall–Kier alpha value is -1.20. The predicted molar refractivity (Wildman–Crippen MR) is 57.7 cm³/mol. The zero-order chi connectivity index (χ0) is 10.3. The van der Waals surface area contributed by atoms with Gasteiger partial charge in [-0.1, -0.05) is 0 Å². The Morgan fingerprint density at radius 3 is 2.86 bits per heavy atom. The largest absolute Gasteiger partial charge is 0.506 e. The van der Waals surface area contributed by atoms with Gasteiger partial charge < -0.3 is 10.2 Å². The summed E-state index contributed by atoms with van der Waals surface area (Å²) in [7, 11) is 0. The van der Waals surface area contributed by atoms with Crippen LogP contribution in [-0.2, 0) is 0 Å². The molecule has 1 aromatic heterocycles. The number of rotatable bonds is 1. The van der Waals surface area contributed by atoms with Crippen molar-refractivity contribution in [2.45, 2.75) is 4.90 Å². The van der Waals surface area contributed by atoms with E-state index in [9.17, 15) is 9.90 Å². The van der Waals surface area contributed by atoms with E-state index in [4.69, 9.17) is 5.11 Å². The van der Waals surface area contributed by atoms with E-state index < -0.39 is 5.97 Å². The van der Waals surface area contributed by atoms with E-state index in [1.165, 1.54) is 17.4 Å². The van der Waals surface area contributed by atoms with Crippen molar-refractivity contribution in [1.29, 1.82) is 0 Å². The maximum Gasteiger partial charge on any atom is 0.337 e. The Kier molecular flexibility index (Phi) is 2.13. The van der Waals surface area contributed by atoms with Crippen molar-refractivity contribution in [2.75, 3.05) is 0 Å². The minimum atomic E-state index is -1.01. The van der Waals surface area contributed by atoms with Gasteiger partial charge >= 0.3 is 5.97 Å². The molecule has 2 rings (SSSR count). The third-order valence-corrected chi connectivity index (χ3v) is 3.21. The number of aromatic carboxylic acids is 1. The molecule has 0 aliphatic carbocycles. The molecule has 0 unspecified atom stereocenters. The lowest BCUT2D eigenvalue weighted by Gasteiger charge is -2.02. The summed E-state index contributed by atoms with van der Waals surface area (Å²) >= 11 is 5.29. The highest BCUT2D eigenvalue weighted by atomic mass is 32.1. The maximum absolute atomic E-state index is 10.9. The van der Waals surface area contributed by atoms with Crippen LogP contribution in [0.3, 0.4) is 0 Å². The van der Waals surface area contributed by atoms with Gasteiger partial charge in [-0.2, -0.15) is 0 Å². The molecule has 0 saturated carbocycles. The van der Waals surface area contributed by atoms with Crippen LogP contribution in [0, 0.1) is 0 Å². The molecule has 2 N–H and O–H groups in total. The Balaban J connectivity index is 2.91. The van der Waals surface area contributed by atoms with Crippen molar-refractivity contribution in [3.05, 3.63) is 23.1 Å². The average Bonchev–Trinajstić information content (AvgIpc) is 2.59. The molecular formula is C9H6O3S2. The van der Waals surface area contributed by atoms with Gasteiger partial charge in [-0.3, -0.25) is 0 Å². The van der Waals surface area contributed by atoms with E-state index in [0.29, 0.717) is 10.1 Å². The summed E-state index contributed by atoms with van der Waals surface area (Å²) in [6.45, 7) is 0. The molecule has 0 aliphatic rings. The van der Waals surface area contributed by atoms with E-state index in [-0.39, 0.29) is 16.2 Å². The third kappa shape index (κ3) is 1.25. The first-order chi connectivity index (χ1) is 6.61. The van der Waals surface area contributed by atoms with Crippen LogP contribution in [-0.4, -0.2) is 16.2 Å². The number of thiol groups is 1. The Morgan fingerprint density at radius 1 is 1.50 bits per heavy atom. The summed E-state index contributed by atoms with van der Waals surface area (Å²) in [5.41, 5.74) is 0.179. The predicted octanol–water partition coefficient (Wildman–Crippen LogP) is 2.59. The molecule has 0 fully saturated rings. The standard InChI is InChI=1S/C9H6O3S2/c10-7-4-1-2-14-8(4)5(9(11)12)3-6(7)13/h1-3,10,13H,(H,11,12). The molecule has 0 saturated heterocycles. The van der Waals surface area contributed by atoms with Gasteiger partial charge in [0.15, 0.2) is 0 Å². The molecule has 5 heteroatoms. The third-order valence-electron chi connectivity index (χ3n) is 1.92. The fourth-order valence-corrected chi connectivity index (χ4v) is 2.43. The van der Waals surface area contributed by atoms with Crippen molar-refractivity contribution in [2.24, 2.45) is 0 Å². The highest BCUT2D eigenvalue weighted by Gasteiger charge is 2.14. The molecule has 2 aromatic rings. The number of thiophene rings is 1. The van der Waals surface area contributed by atoms with Crippen molar-refractivity contribution >= 4 is 40.0 Å². The van der Waals surface area contributed by atoms with Gasteiger partial charge in [-0.25, -0.2) is 4.79 Å². The van der Waals surface area contributed by atoms with E-state index in [1.807, 2.05) is 0 Å². The summed E-state index contributed by atoms with van der Waals surface area (Å²) < 4.78 is 0.577. The molecule has 0 bridgehead atoms. The number of phenolic OH excluding ortho intramolecular Hbond substituents is 1. The lowest BCUT2D eigenvalue weighted by atomic mass is 10.1. The summed E-state index contributed by atoms with van der Waals surface area (Å²) in [5.74, 6) is -0.970. The molecule has 0 atom stereocenters. The molecule has 0 aliphatic heterocycles. The van der Waals surface area contributed by atoms with Gasteiger partial charge in [0.25, 0.3) is 0 Å². The highest BCUT2D eigenvalue weighted by molar-refractivity contribution is 7.80. The van der Waals surface area contributed by atoms with Crippen LogP contribution in [0.5, 0.6) is 5.75 Å². The van der Waals surface area contributed by atoms with Crippen LogP contribution in [0.2, 0.25) is 0 Å². The molecule has 1 heterocycles. The monoisotopic (exact) mass is 226 g/mol. The fraction of sp³-hybridized carbons (Fsp3) is 0. The first kappa shape index (κ1) is 9.36. The second-order valence-electron chi connectivity index (χ2n) is 2.76. The fourth-order valence-electron chi connectivity index (χ4n) is 1.27. The zero-order valence-electron chi connectivity index (χ0n) is 6.89. The van der Waals surface area contributed by atoms with Crippen molar-refractivity contribution in [3.63, 3.8) is 0 Å². The summed E-state index contributed by atoms with van der Waals surface area (Å²) in [4.78, 5) is 11.2. The number of fused-ring (bicyclic) bond motifs is 1. The van der Waals surface area contributed by atoms with Gasteiger partial charge in [-0.05, 0) is 17.5 Å². The smallest absolute Gasteiger partial charge is 0.337 e. The minimum Gasteiger partial charge on any atom is -0.506 e. The Labute approximate surface area is 89.0 Å². The van der Waals surface area contributed by atoms with Crippen LogP contribution in [0.4, 0.5) is 0 Å². The molecule has 1 aromatic carbocycles. The second-order valence-corrected chi connectivity index (χ2v) is 4.16. The van der Waals surface area contributed by atoms with Crippen molar-refractivity contribution in [1.82, 2.24) is 0 Å². The number of carbonyl (C=O) groups is 1. The van der Waals surface area contributed by atoms with Gasteiger partial charge in [0.1, 0.15) is 5.75 Å². The molecule has 14 heavy (non-hydrogen) atoms. The molecule has 3 nitrogen and oxygen atoms in total. The number of aromatic hydroxyl groups is 1.